The second-order valence-electron chi connectivity index (χ2n) is 6.12. The van der Waals surface area contributed by atoms with Crippen LogP contribution in [0.4, 0.5) is 0 Å². The fraction of sp³-hybridized carbons (Fsp3) is 0.562. The molecule has 1 saturated heterocycles. The molecule has 1 unspecified atom stereocenters. The molecule has 3 rings (SSSR count). The van der Waals surface area contributed by atoms with Crippen LogP contribution < -0.4 is 0 Å². The molecule has 1 aromatic carbocycles. The van der Waals surface area contributed by atoms with Crippen molar-refractivity contribution in [2.75, 3.05) is 18.6 Å². The first-order valence-electron chi connectivity index (χ1n) is 7.53. The van der Waals surface area contributed by atoms with E-state index in [0.29, 0.717) is 12.8 Å². The Labute approximate surface area is 126 Å². The second kappa shape index (κ2) is 5.44. The van der Waals surface area contributed by atoms with Gasteiger partial charge in [-0.3, -0.25) is 4.79 Å². The molecule has 0 radical (unpaired) electrons. The number of carbonyl (C=O) groups is 1. The van der Waals surface area contributed by atoms with Crippen molar-refractivity contribution in [1.82, 2.24) is 4.90 Å². The molecule has 1 heterocycles. The fourth-order valence-corrected chi connectivity index (χ4v) is 4.97. The first kappa shape index (κ1) is 14.6. The van der Waals surface area contributed by atoms with Crippen LogP contribution in [0.5, 0.6) is 0 Å². The van der Waals surface area contributed by atoms with E-state index in [4.69, 9.17) is 0 Å². The Bertz CT molecular complexity index is 639. The van der Waals surface area contributed by atoms with E-state index in [9.17, 15) is 13.2 Å². The zero-order valence-electron chi connectivity index (χ0n) is 12.3. The van der Waals surface area contributed by atoms with E-state index in [1.54, 1.807) is 4.90 Å². The molecule has 0 bridgehead atoms. The normalized spacial score (nSPS) is 24.5. The van der Waals surface area contributed by atoms with Crippen LogP contribution in [0.1, 0.15) is 36.3 Å². The number of hydrogen-bond donors (Lipinski definition) is 0. The molecule has 0 N–H and O–H groups in total. The van der Waals surface area contributed by atoms with Crippen LogP contribution in [-0.4, -0.2) is 43.8 Å². The van der Waals surface area contributed by atoms with Crippen LogP contribution in [-0.2, 0) is 21.1 Å². The van der Waals surface area contributed by atoms with Gasteiger partial charge in [0.2, 0.25) is 5.91 Å². The highest BCUT2D eigenvalue weighted by Gasteiger charge is 2.34. The average Bonchev–Trinajstić information content (AvgIpc) is 2.90. The highest BCUT2D eigenvalue weighted by Crippen LogP contribution is 2.35. The molecule has 0 aromatic heterocycles. The number of carbonyl (C=O) groups excluding carboxylic acids is 1. The lowest BCUT2D eigenvalue weighted by molar-refractivity contribution is -0.133. The maximum Gasteiger partial charge on any atom is 0.230 e. The van der Waals surface area contributed by atoms with Crippen LogP contribution in [0.3, 0.4) is 0 Å². The smallest absolute Gasteiger partial charge is 0.230 e. The summed E-state index contributed by atoms with van der Waals surface area (Å²) in [6.45, 7) is 0. The minimum absolute atomic E-state index is 0.0512. The molecule has 0 saturated carbocycles. The molecular formula is C16H21NO3S. The van der Waals surface area contributed by atoms with Gasteiger partial charge in [-0.15, -0.1) is 0 Å². The highest BCUT2D eigenvalue weighted by atomic mass is 32.2. The third-order valence-corrected chi connectivity index (χ3v) is 6.57. The highest BCUT2D eigenvalue weighted by molar-refractivity contribution is 7.91. The Morgan fingerprint density at radius 1 is 1.14 bits per heavy atom. The summed E-state index contributed by atoms with van der Waals surface area (Å²) in [6, 6.07) is 8.20. The number of rotatable bonds is 2. The Morgan fingerprint density at radius 3 is 2.52 bits per heavy atom. The van der Waals surface area contributed by atoms with Gasteiger partial charge in [-0.1, -0.05) is 24.3 Å². The largest absolute Gasteiger partial charge is 0.342 e. The van der Waals surface area contributed by atoms with Gasteiger partial charge in [0.15, 0.2) is 0 Å². The van der Waals surface area contributed by atoms with Crippen LogP contribution in [0.2, 0.25) is 0 Å². The van der Waals surface area contributed by atoms with Crippen molar-refractivity contribution in [3.05, 3.63) is 35.4 Å². The summed E-state index contributed by atoms with van der Waals surface area (Å²) >= 11 is 0. The molecular weight excluding hydrogens is 286 g/mol. The SMILES string of the molecule is CN(C(=O)C1CCc2ccccc21)C1CCS(=O)(=O)CC1. The first-order valence-corrected chi connectivity index (χ1v) is 9.35. The van der Waals surface area contributed by atoms with Crippen LogP contribution in [0.25, 0.3) is 0 Å². The van der Waals surface area contributed by atoms with Gasteiger partial charge >= 0.3 is 0 Å². The quantitative estimate of drug-likeness (QED) is 0.836. The summed E-state index contributed by atoms with van der Waals surface area (Å²) in [5, 5.41) is 0. The molecule has 1 aromatic rings. The number of aryl methyl sites for hydroxylation is 1. The maximum atomic E-state index is 12.7. The average molecular weight is 307 g/mol. The Hall–Kier alpha value is -1.36. The zero-order chi connectivity index (χ0) is 15.0. The number of nitrogens with zero attached hydrogens (tertiary/aromatic N) is 1. The third-order valence-electron chi connectivity index (χ3n) is 4.85. The minimum atomic E-state index is -2.88. The Kier molecular flexibility index (Phi) is 3.78. The molecule has 2 aliphatic rings. The number of sulfone groups is 1. The molecule has 114 valence electrons. The van der Waals surface area contributed by atoms with Gasteiger partial charge in [-0.25, -0.2) is 8.42 Å². The number of likely N-dealkylation sites (N-methyl/N-ethyl adjacent to an activating group) is 1. The lowest BCUT2D eigenvalue weighted by atomic mass is 9.98. The second-order valence-corrected chi connectivity index (χ2v) is 8.43. The summed E-state index contributed by atoms with van der Waals surface area (Å²) in [4.78, 5) is 14.5. The van der Waals surface area contributed by atoms with Crippen molar-refractivity contribution in [2.24, 2.45) is 0 Å². The molecule has 0 spiro atoms. The van der Waals surface area contributed by atoms with E-state index in [-0.39, 0.29) is 29.4 Å². The molecule has 21 heavy (non-hydrogen) atoms. The molecule has 1 aliphatic heterocycles. The summed E-state index contributed by atoms with van der Waals surface area (Å²) in [5.41, 5.74) is 2.42. The van der Waals surface area contributed by atoms with Crippen LogP contribution in [0.15, 0.2) is 24.3 Å². The number of fused-ring (bicyclic) bond motifs is 1. The van der Waals surface area contributed by atoms with E-state index < -0.39 is 9.84 Å². The maximum absolute atomic E-state index is 12.7. The van der Waals surface area contributed by atoms with Crippen LogP contribution >= 0.6 is 0 Å². The number of hydrogen-bond acceptors (Lipinski definition) is 3. The topological polar surface area (TPSA) is 54.5 Å². The Morgan fingerprint density at radius 2 is 1.81 bits per heavy atom. The monoisotopic (exact) mass is 307 g/mol. The predicted molar refractivity (Wildman–Crippen MR) is 81.9 cm³/mol. The van der Waals surface area contributed by atoms with Crippen molar-refractivity contribution in [2.45, 2.75) is 37.6 Å². The lowest BCUT2D eigenvalue weighted by Crippen LogP contribution is -2.43. The molecule has 5 heteroatoms. The minimum Gasteiger partial charge on any atom is -0.342 e. The van der Waals surface area contributed by atoms with Gasteiger partial charge < -0.3 is 4.90 Å². The number of benzene rings is 1. The first-order chi connectivity index (χ1) is 9.98. The van der Waals surface area contributed by atoms with E-state index in [0.717, 1.165) is 18.4 Å². The summed E-state index contributed by atoms with van der Waals surface area (Å²) in [5.74, 6) is 0.501. The lowest BCUT2D eigenvalue weighted by Gasteiger charge is -2.33. The molecule has 1 atom stereocenters. The predicted octanol–water partition coefficient (Wildman–Crippen LogP) is 1.75. The molecule has 1 fully saturated rings. The summed E-state index contributed by atoms with van der Waals surface area (Å²) in [7, 11) is -1.06. The van der Waals surface area contributed by atoms with Crippen molar-refractivity contribution < 1.29 is 13.2 Å². The van der Waals surface area contributed by atoms with Crippen molar-refractivity contribution in [3.63, 3.8) is 0 Å². The summed E-state index contributed by atoms with van der Waals surface area (Å²) in [6.07, 6.45) is 2.96. The fourth-order valence-electron chi connectivity index (χ4n) is 3.50. The van der Waals surface area contributed by atoms with Gasteiger partial charge in [-0.2, -0.15) is 0 Å². The van der Waals surface area contributed by atoms with Crippen molar-refractivity contribution >= 4 is 15.7 Å². The third kappa shape index (κ3) is 2.84. The van der Waals surface area contributed by atoms with Crippen LogP contribution in [0, 0.1) is 0 Å². The molecule has 1 aliphatic carbocycles. The molecule has 1 amide bonds. The van der Waals surface area contributed by atoms with Crippen molar-refractivity contribution in [3.8, 4) is 0 Å². The zero-order valence-corrected chi connectivity index (χ0v) is 13.1. The van der Waals surface area contributed by atoms with E-state index in [1.165, 1.54) is 5.56 Å². The van der Waals surface area contributed by atoms with E-state index in [1.807, 2.05) is 25.2 Å². The summed E-state index contributed by atoms with van der Waals surface area (Å²) < 4.78 is 23.0. The van der Waals surface area contributed by atoms with Gasteiger partial charge in [0.25, 0.3) is 0 Å². The number of amides is 1. The Balaban J connectivity index is 1.72. The standard InChI is InChI=1S/C16H21NO3S/c1-17(13-8-10-21(19,20)11-9-13)16(18)15-7-6-12-4-2-3-5-14(12)15/h2-5,13,15H,6-11H2,1H3. The van der Waals surface area contributed by atoms with E-state index >= 15 is 0 Å². The van der Waals surface area contributed by atoms with Gasteiger partial charge in [0.1, 0.15) is 9.84 Å². The van der Waals surface area contributed by atoms with Gasteiger partial charge in [-0.05, 0) is 36.8 Å². The van der Waals surface area contributed by atoms with E-state index in [2.05, 4.69) is 6.07 Å². The van der Waals surface area contributed by atoms with Gasteiger partial charge in [0, 0.05) is 13.1 Å². The van der Waals surface area contributed by atoms with Crippen molar-refractivity contribution in [1.29, 1.82) is 0 Å². The molecule has 4 nitrogen and oxygen atoms in total. The van der Waals surface area contributed by atoms with Gasteiger partial charge in [0.05, 0.1) is 17.4 Å².